The van der Waals surface area contributed by atoms with E-state index >= 15 is 0 Å². The normalized spacial score (nSPS) is 13.9. The van der Waals surface area contributed by atoms with Crippen LogP contribution in [0, 0.1) is 0 Å². The zero-order valence-electron chi connectivity index (χ0n) is 15.4. The number of nitrogens with one attached hydrogen (secondary N) is 1. The predicted molar refractivity (Wildman–Crippen MR) is 111 cm³/mol. The molecule has 5 nitrogen and oxygen atoms in total. The Bertz CT molecular complexity index is 912. The summed E-state index contributed by atoms with van der Waals surface area (Å²) in [6, 6.07) is 12.6. The first kappa shape index (κ1) is 18.3. The standard InChI is InChI=1S/C20H22N4OS2/c1-13(2)14-5-7-15(8-6-14)21-18(25)12-27-20-23-22-19(17-4-3-11-26-17)24(20)16-9-10-16/h3-8,11,13,16H,9-10,12H2,1-2H3,(H,21,25). The molecule has 0 atom stereocenters. The van der Waals surface area contributed by atoms with Gasteiger partial charge in [0, 0.05) is 11.7 Å². The van der Waals surface area contributed by atoms with E-state index in [4.69, 9.17) is 0 Å². The van der Waals surface area contributed by atoms with Crippen LogP contribution in [0.25, 0.3) is 10.7 Å². The third-order valence-corrected chi connectivity index (χ3v) is 6.32. The summed E-state index contributed by atoms with van der Waals surface area (Å²) in [5, 5.41) is 14.6. The first-order valence-electron chi connectivity index (χ1n) is 9.13. The van der Waals surface area contributed by atoms with Crippen LogP contribution < -0.4 is 5.32 Å². The van der Waals surface area contributed by atoms with E-state index in [1.54, 1.807) is 11.3 Å². The zero-order valence-corrected chi connectivity index (χ0v) is 17.0. The molecule has 27 heavy (non-hydrogen) atoms. The van der Waals surface area contributed by atoms with E-state index in [0.717, 1.165) is 34.4 Å². The molecule has 1 amide bonds. The van der Waals surface area contributed by atoms with Crippen LogP contribution in [0.4, 0.5) is 5.69 Å². The molecule has 2 heterocycles. The van der Waals surface area contributed by atoms with Crippen LogP contribution in [0.5, 0.6) is 0 Å². The first-order valence-corrected chi connectivity index (χ1v) is 11.0. The fourth-order valence-corrected chi connectivity index (χ4v) is 4.40. The Balaban J connectivity index is 1.40. The predicted octanol–water partition coefficient (Wildman–Crippen LogP) is 5.20. The maximum Gasteiger partial charge on any atom is 0.234 e. The molecular weight excluding hydrogens is 376 g/mol. The largest absolute Gasteiger partial charge is 0.325 e. The fourth-order valence-electron chi connectivity index (χ4n) is 2.89. The molecule has 0 aliphatic heterocycles. The first-order chi connectivity index (χ1) is 13.1. The number of amides is 1. The molecular formula is C20H22N4OS2. The van der Waals surface area contributed by atoms with E-state index in [-0.39, 0.29) is 5.91 Å². The van der Waals surface area contributed by atoms with Crippen molar-refractivity contribution < 1.29 is 4.79 Å². The maximum atomic E-state index is 12.3. The number of nitrogens with zero attached hydrogens (tertiary/aromatic N) is 3. The Morgan fingerprint density at radius 1 is 1.26 bits per heavy atom. The second kappa shape index (κ2) is 7.86. The molecule has 1 aliphatic carbocycles. The van der Waals surface area contributed by atoms with Gasteiger partial charge >= 0.3 is 0 Å². The van der Waals surface area contributed by atoms with Gasteiger partial charge in [-0.05, 0) is 47.9 Å². The SMILES string of the molecule is CC(C)c1ccc(NC(=O)CSc2nnc(-c3cccs3)n2C2CC2)cc1. The molecule has 0 radical (unpaired) electrons. The lowest BCUT2D eigenvalue weighted by Crippen LogP contribution is -2.14. The van der Waals surface area contributed by atoms with Gasteiger partial charge in [-0.1, -0.05) is 43.8 Å². The van der Waals surface area contributed by atoms with Gasteiger partial charge in [0.05, 0.1) is 10.6 Å². The maximum absolute atomic E-state index is 12.3. The number of carbonyl (C=O) groups is 1. The van der Waals surface area contributed by atoms with Gasteiger partial charge < -0.3 is 5.32 Å². The Morgan fingerprint density at radius 3 is 2.67 bits per heavy atom. The van der Waals surface area contributed by atoms with Gasteiger partial charge in [0.1, 0.15) is 0 Å². The van der Waals surface area contributed by atoms with Crippen molar-refractivity contribution in [1.82, 2.24) is 14.8 Å². The summed E-state index contributed by atoms with van der Waals surface area (Å²) < 4.78 is 2.20. The van der Waals surface area contributed by atoms with Crippen LogP contribution in [0.15, 0.2) is 46.9 Å². The Morgan fingerprint density at radius 2 is 2.04 bits per heavy atom. The van der Waals surface area contributed by atoms with E-state index in [0.29, 0.717) is 17.7 Å². The van der Waals surface area contributed by atoms with E-state index in [2.05, 4.69) is 52.1 Å². The molecule has 4 rings (SSSR count). The third kappa shape index (κ3) is 4.25. The van der Waals surface area contributed by atoms with Crippen LogP contribution in [-0.4, -0.2) is 26.4 Å². The van der Waals surface area contributed by atoms with Gasteiger partial charge in [0.2, 0.25) is 5.91 Å². The van der Waals surface area contributed by atoms with Crippen molar-refractivity contribution in [3.8, 4) is 10.7 Å². The van der Waals surface area contributed by atoms with Crippen molar-refractivity contribution in [3.63, 3.8) is 0 Å². The lowest BCUT2D eigenvalue weighted by atomic mass is 10.0. The zero-order chi connectivity index (χ0) is 18.8. The lowest BCUT2D eigenvalue weighted by molar-refractivity contribution is -0.113. The van der Waals surface area contributed by atoms with Crippen molar-refractivity contribution in [2.45, 2.75) is 43.8 Å². The molecule has 0 unspecified atom stereocenters. The van der Waals surface area contributed by atoms with Crippen LogP contribution in [0.3, 0.4) is 0 Å². The Labute approximate surface area is 167 Å². The van der Waals surface area contributed by atoms with Gasteiger partial charge in [-0.3, -0.25) is 9.36 Å². The van der Waals surface area contributed by atoms with Crippen molar-refractivity contribution in [2.24, 2.45) is 0 Å². The van der Waals surface area contributed by atoms with Crippen molar-refractivity contribution in [3.05, 3.63) is 47.3 Å². The van der Waals surface area contributed by atoms with Crippen LogP contribution >= 0.6 is 23.1 Å². The second-order valence-corrected chi connectivity index (χ2v) is 8.89. The minimum Gasteiger partial charge on any atom is -0.325 e. The van der Waals surface area contributed by atoms with Crippen LogP contribution in [0.2, 0.25) is 0 Å². The number of hydrogen-bond donors (Lipinski definition) is 1. The number of anilines is 1. The van der Waals surface area contributed by atoms with E-state index in [9.17, 15) is 4.79 Å². The average molecular weight is 399 g/mol. The highest BCUT2D eigenvalue weighted by Crippen LogP contribution is 2.41. The molecule has 7 heteroatoms. The minimum absolute atomic E-state index is 0.0275. The Hall–Kier alpha value is -2.12. The molecule has 0 bridgehead atoms. The lowest BCUT2D eigenvalue weighted by Gasteiger charge is -2.09. The number of thiophene rings is 1. The molecule has 3 aromatic rings. The van der Waals surface area contributed by atoms with E-state index in [1.165, 1.54) is 17.3 Å². The summed E-state index contributed by atoms with van der Waals surface area (Å²) in [7, 11) is 0. The number of aromatic nitrogens is 3. The molecule has 0 spiro atoms. The summed E-state index contributed by atoms with van der Waals surface area (Å²) in [5.41, 5.74) is 2.09. The topological polar surface area (TPSA) is 59.8 Å². The van der Waals surface area contributed by atoms with Crippen molar-refractivity contribution in [2.75, 3.05) is 11.1 Å². The third-order valence-electron chi connectivity index (χ3n) is 4.51. The Kier molecular flexibility index (Phi) is 5.31. The highest BCUT2D eigenvalue weighted by molar-refractivity contribution is 7.99. The smallest absolute Gasteiger partial charge is 0.234 e. The summed E-state index contributed by atoms with van der Waals surface area (Å²) in [6.45, 7) is 4.31. The van der Waals surface area contributed by atoms with Crippen LogP contribution in [0.1, 0.15) is 44.2 Å². The number of carbonyl (C=O) groups excluding carboxylic acids is 1. The highest BCUT2D eigenvalue weighted by atomic mass is 32.2. The van der Waals surface area contributed by atoms with Crippen molar-refractivity contribution >= 4 is 34.7 Å². The monoisotopic (exact) mass is 398 g/mol. The molecule has 1 aliphatic rings. The molecule has 140 valence electrons. The van der Waals surface area contributed by atoms with Gasteiger partial charge in [-0.2, -0.15) is 0 Å². The van der Waals surface area contributed by atoms with Gasteiger partial charge in [-0.15, -0.1) is 21.5 Å². The van der Waals surface area contributed by atoms with Gasteiger partial charge in [-0.25, -0.2) is 0 Å². The van der Waals surface area contributed by atoms with E-state index < -0.39 is 0 Å². The number of hydrogen-bond acceptors (Lipinski definition) is 5. The molecule has 1 aromatic carbocycles. The molecule has 1 N–H and O–H groups in total. The van der Waals surface area contributed by atoms with Gasteiger partial charge in [0.25, 0.3) is 0 Å². The summed E-state index contributed by atoms with van der Waals surface area (Å²) in [5.74, 6) is 1.69. The number of rotatable bonds is 7. The number of benzene rings is 1. The summed E-state index contributed by atoms with van der Waals surface area (Å²) in [6.07, 6.45) is 2.30. The number of thioether (sulfide) groups is 1. The van der Waals surface area contributed by atoms with Gasteiger partial charge in [0.15, 0.2) is 11.0 Å². The molecule has 0 saturated heterocycles. The average Bonchev–Trinajstić information content (AvgIpc) is 3.18. The van der Waals surface area contributed by atoms with E-state index in [1.807, 2.05) is 23.6 Å². The van der Waals surface area contributed by atoms with Crippen LogP contribution in [-0.2, 0) is 4.79 Å². The highest BCUT2D eigenvalue weighted by Gasteiger charge is 2.30. The quantitative estimate of drug-likeness (QED) is 0.556. The van der Waals surface area contributed by atoms with Crippen molar-refractivity contribution in [1.29, 1.82) is 0 Å². The molecule has 1 saturated carbocycles. The summed E-state index contributed by atoms with van der Waals surface area (Å²) >= 11 is 3.12. The molecule has 2 aromatic heterocycles. The second-order valence-electron chi connectivity index (χ2n) is 7.00. The molecule has 1 fully saturated rings. The summed E-state index contributed by atoms with van der Waals surface area (Å²) in [4.78, 5) is 13.5. The minimum atomic E-state index is -0.0275. The fraction of sp³-hybridized carbons (Fsp3) is 0.350.